The third-order valence-corrected chi connectivity index (χ3v) is 2.13. The Balaban J connectivity index is 3.62. The third-order valence-electron chi connectivity index (χ3n) is 2.13. The predicted molar refractivity (Wildman–Crippen MR) is 58.8 cm³/mol. The van der Waals surface area contributed by atoms with Crippen LogP contribution in [0.4, 0.5) is 0 Å². The number of hydrogen-bond donors (Lipinski definition) is 1. The van der Waals surface area contributed by atoms with Gasteiger partial charge in [0.05, 0.1) is 0 Å². The smallest absolute Gasteiger partial charge is 0.223 e. The van der Waals surface area contributed by atoms with Crippen molar-refractivity contribution < 1.29 is 4.79 Å². The van der Waals surface area contributed by atoms with E-state index in [1.807, 2.05) is 0 Å². The van der Waals surface area contributed by atoms with Crippen molar-refractivity contribution >= 4 is 5.91 Å². The van der Waals surface area contributed by atoms with Crippen molar-refractivity contribution in [3.05, 3.63) is 0 Å². The summed E-state index contributed by atoms with van der Waals surface area (Å²) in [7, 11) is 3.53. The summed E-state index contributed by atoms with van der Waals surface area (Å²) in [6, 6.07) is 0.343. The van der Waals surface area contributed by atoms with E-state index < -0.39 is 0 Å². The minimum atomic E-state index is 0.146. The van der Waals surface area contributed by atoms with Crippen LogP contribution in [0.5, 0.6) is 0 Å². The van der Waals surface area contributed by atoms with Crippen LogP contribution in [-0.2, 0) is 4.79 Å². The number of carbonyl (C=O) groups excluding carboxylic acids is 1. The van der Waals surface area contributed by atoms with Crippen LogP contribution in [0.2, 0.25) is 0 Å². The van der Waals surface area contributed by atoms with E-state index in [0.29, 0.717) is 19.0 Å². The van der Waals surface area contributed by atoms with Gasteiger partial charge in [0.15, 0.2) is 0 Å². The van der Waals surface area contributed by atoms with Gasteiger partial charge in [0.25, 0.3) is 0 Å². The zero-order valence-corrected chi connectivity index (χ0v) is 9.34. The molecule has 1 amide bonds. The minimum absolute atomic E-state index is 0.146. The van der Waals surface area contributed by atoms with Crippen LogP contribution in [0.3, 0.4) is 0 Å². The van der Waals surface area contributed by atoms with Crippen LogP contribution in [0.25, 0.3) is 0 Å². The lowest BCUT2D eigenvalue weighted by Gasteiger charge is -2.15. The zero-order valence-electron chi connectivity index (χ0n) is 9.34. The van der Waals surface area contributed by atoms with Crippen LogP contribution < -0.4 is 5.32 Å². The van der Waals surface area contributed by atoms with Crippen LogP contribution in [-0.4, -0.2) is 37.5 Å². The first-order chi connectivity index (χ1) is 6.61. The van der Waals surface area contributed by atoms with Gasteiger partial charge in [-0.05, 0) is 6.42 Å². The SMILES string of the molecule is C#CCC(CC)NCCC(=O)N(C)C. The summed E-state index contributed by atoms with van der Waals surface area (Å²) in [4.78, 5) is 12.8. The van der Waals surface area contributed by atoms with Gasteiger partial charge in [-0.1, -0.05) is 6.92 Å². The first kappa shape index (κ1) is 13.0. The molecule has 0 aliphatic rings. The predicted octanol–water partition coefficient (Wildman–Crippen LogP) is 0.856. The molecular weight excluding hydrogens is 176 g/mol. The quantitative estimate of drug-likeness (QED) is 0.639. The summed E-state index contributed by atoms with van der Waals surface area (Å²) in [5, 5.41) is 3.27. The number of nitrogens with zero attached hydrogens (tertiary/aromatic N) is 1. The highest BCUT2D eigenvalue weighted by Gasteiger charge is 2.06. The third kappa shape index (κ3) is 5.60. The van der Waals surface area contributed by atoms with Gasteiger partial charge in [-0.3, -0.25) is 4.79 Å². The second-order valence-corrected chi connectivity index (χ2v) is 3.51. The Morgan fingerprint density at radius 1 is 1.57 bits per heavy atom. The monoisotopic (exact) mass is 196 g/mol. The lowest BCUT2D eigenvalue weighted by atomic mass is 10.1. The van der Waals surface area contributed by atoms with E-state index in [9.17, 15) is 4.79 Å². The van der Waals surface area contributed by atoms with Crippen molar-refractivity contribution in [3.63, 3.8) is 0 Å². The molecule has 0 fully saturated rings. The van der Waals surface area contributed by atoms with Crippen molar-refractivity contribution in [3.8, 4) is 12.3 Å². The summed E-state index contributed by atoms with van der Waals surface area (Å²) in [6.45, 7) is 2.79. The minimum Gasteiger partial charge on any atom is -0.349 e. The Kier molecular flexibility index (Phi) is 6.87. The van der Waals surface area contributed by atoms with E-state index in [2.05, 4.69) is 18.2 Å². The van der Waals surface area contributed by atoms with E-state index in [4.69, 9.17) is 6.42 Å². The molecule has 0 aromatic heterocycles. The Hall–Kier alpha value is -1.01. The second kappa shape index (κ2) is 7.40. The first-order valence-corrected chi connectivity index (χ1v) is 4.98. The fourth-order valence-electron chi connectivity index (χ4n) is 1.11. The van der Waals surface area contributed by atoms with Crippen molar-refractivity contribution in [1.29, 1.82) is 0 Å². The van der Waals surface area contributed by atoms with E-state index in [1.165, 1.54) is 0 Å². The molecule has 0 spiro atoms. The van der Waals surface area contributed by atoms with Crippen molar-refractivity contribution in [2.24, 2.45) is 0 Å². The fraction of sp³-hybridized carbons (Fsp3) is 0.727. The van der Waals surface area contributed by atoms with E-state index in [1.54, 1.807) is 19.0 Å². The lowest BCUT2D eigenvalue weighted by molar-refractivity contribution is -0.128. The Bertz CT molecular complexity index is 206. The second-order valence-electron chi connectivity index (χ2n) is 3.51. The van der Waals surface area contributed by atoms with Gasteiger partial charge >= 0.3 is 0 Å². The number of nitrogens with one attached hydrogen (secondary N) is 1. The van der Waals surface area contributed by atoms with Crippen LogP contribution in [0.15, 0.2) is 0 Å². The molecule has 0 rings (SSSR count). The molecule has 0 aromatic rings. The molecule has 80 valence electrons. The molecule has 1 N–H and O–H groups in total. The summed E-state index contributed by atoms with van der Waals surface area (Å²) < 4.78 is 0. The zero-order chi connectivity index (χ0) is 11.0. The van der Waals surface area contributed by atoms with Crippen molar-refractivity contribution in [2.75, 3.05) is 20.6 Å². The van der Waals surface area contributed by atoms with E-state index >= 15 is 0 Å². The van der Waals surface area contributed by atoms with Gasteiger partial charge < -0.3 is 10.2 Å². The summed E-state index contributed by atoms with van der Waals surface area (Å²) in [5.74, 6) is 2.77. The van der Waals surface area contributed by atoms with Gasteiger partial charge in [0, 0.05) is 39.5 Å². The average molecular weight is 196 g/mol. The van der Waals surface area contributed by atoms with Crippen molar-refractivity contribution in [1.82, 2.24) is 10.2 Å². The standard InChI is InChI=1S/C11H20N2O/c1-5-7-10(6-2)12-9-8-11(14)13(3)4/h1,10,12H,6-9H2,2-4H3. The molecule has 0 radical (unpaired) electrons. The number of hydrogen-bond acceptors (Lipinski definition) is 2. The normalized spacial score (nSPS) is 11.9. The van der Waals surface area contributed by atoms with E-state index in [0.717, 1.165) is 12.8 Å². The maximum atomic E-state index is 11.2. The maximum absolute atomic E-state index is 11.2. The van der Waals surface area contributed by atoms with Crippen LogP contribution >= 0.6 is 0 Å². The molecule has 3 heteroatoms. The number of terminal acetylenes is 1. The molecule has 0 aliphatic carbocycles. The van der Waals surface area contributed by atoms with E-state index in [-0.39, 0.29) is 5.91 Å². The van der Waals surface area contributed by atoms with Gasteiger partial charge in [-0.15, -0.1) is 12.3 Å². The van der Waals surface area contributed by atoms with Crippen molar-refractivity contribution in [2.45, 2.75) is 32.2 Å². The van der Waals surface area contributed by atoms with Gasteiger partial charge in [-0.2, -0.15) is 0 Å². The highest BCUT2D eigenvalue weighted by atomic mass is 16.2. The molecule has 14 heavy (non-hydrogen) atoms. The topological polar surface area (TPSA) is 32.3 Å². The van der Waals surface area contributed by atoms with Crippen LogP contribution in [0, 0.1) is 12.3 Å². The van der Waals surface area contributed by atoms with Crippen LogP contribution in [0.1, 0.15) is 26.2 Å². The Labute approximate surface area is 86.9 Å². The molecule has 0 saturated heterocycles. The molecular formula is C11H20N2O. The highest BCUT2D eigenvalue weighted by Crippen LogP contribution is 1.96. The molecule has 1 atom stereocenters. The highest BCUT2D eigenvalue weighted by molar-refractivity contribution is 5.75. The number of rotatable bonds is 6. The molecule has 0 bridgehead atoms. The number of amides is 1. The Morgan fingerprint density at radius 3 is 2.64 bits per heavy atom. The Morgan fingerprint density at radius 2 is 2.21 bits per heavy atom. The summed E-state index contributed by atoms with van der Waals surface area (Å²) in [6.07, 6.45) is 7.48. The molecule has 0 aliphatic heterocycles. The fourth-order valence-corrected chi connectivity index (χ4v) is 1.11. The lowest BCUT2D eigenvalue weighted by Crippen LogP contribution is -2.32. The van der Waals surface area contributed by atoms with Gasteiger partial charge in [-0.25, -0.2) is 0 Å². The maximum Gasteiger partial charge on any atom is 0.223 e. The summed E-state index contributed by atoms with van der Waals surface area (Å²) >= 11 is 0. The first-order valence-electron chi connectivity index (χ1n) is 4.98. The van der Waals surface area contributed by atoms with Gasteiger partial charge in [0.1, 0.15) is 0 Å². The molecule has 1 unspecified atom stereocenters. The van der Waals surface area contributed by atoms with Gasteiger partial charge in [0.2, 0.25) is 5.91 Å². The largest absolute Gasteiger partial charge is 0.349 e. The molecule has 3 nitrogen and oxygen atoms in total. The summed E-state index contributed by atoms with van der Waals surface area (Å²) in [5.41, 5.74) is 0. The molecule has 0 aromatic carbocycles. The average Bonchev–Trinajstić information content (AvgIpc) is 2.16. The molecule has 0 saturated carbocycles. The molecule has 0 heterocycles. The number of carbonyl (C=O) groups is 1.